The normalized spacial score (nSPS) is 17.5. The van der Waals surface area contributed by atoms with Crippen LogP contribution in [0.2, 0.25) is 0 Å². The van der Waals surface area contributed by atoms with Gasteiger partial charge in [-0.15, -0.1) is 23.5 Å². The lowest BCUT2D eigenvalue weighted by Crippen LogP contribution is -1.79. The fraction of sp³-hybridized carbons (Fsp3) is 0.667. The van der Waals surface area contributed by atoms with Gasteiger partial charge in [0.15, 0.2) is 0 Å². The molecule has 1 rings (SSSR count). The lowest BCUT2D eigenvalue weighted by molar-refractivity contribution is 1.23. The summed E-state index contributed by atoms with van der Waals surface area (Å²) in [5.41, 5.74) is 0. The summed E-state index contributed by atoms with van der Waals surface area (Å²) >= 11 is 9.92. The number of hydrogen-bond acceptors (Lipinski definition) is 4. The predicted molar refractivity (Wildman–Crippen MR) is 59.1 cm³/mol. The topological polar surface area (TPSA) is 0 Å². The molecule has 0 atom stereocenters. The van der Waals surface area contributed by atoms with Gasteiger partial charge in [0.2, 0.25) is 0 Å². The van der Waals surface area contributed by atoms with Crippen molar-refractivity contribution in [2.45, 2.75) is 6.42 Å². The first-order valence-corrected chi connectivity index (χ1v) is 6.87. The third-order valence-corrected chi connectivity index (χ3v) is 4.64. The summed E-state index contributed by atoms with van der Waals surface area (Å²) in [7, 11) is 0. The maximum atomic E-state index is 4.13. The van der Waals surface area contributed by atoms with E-state index in [0.717, 1.165) is 5.08 Å². The first-order chi connectivity index (χ1) is 4.93. The van der Waals surface area contributed by atoms with Crippen LogP contribution in [0.4, 0.5) is 0 Å². The summed E-state index contributed by atoms with van der Waals surface area (Å²) in [6.45, 7) is 0. The molecule has 0 nitrogen and oxygen atoms in total. The maximum absolute atomic E-state index is 4.13. The van der Waals surface area contributed by atoms with E-state index in [0.29, 0.717) is 0 Å². The summed E-state index contributed by atoms with van der Waals surface area (Å²) in [5.74, 6) is 1.23. The molecule has 0 saturated heterocycles. The van der Waals surface area contributed by atoms with E-state index in [9.17, 15) is 0 Å². The quantitative estimate of drug-likeness (QED) is 0.430. The van der Waals surface area contributed by atoms with Crippen LogP contribution in [0.5, 0.6) is 0 Å². The highest BCUT2D eigenvalue weighted by Crippen LogP contribution is 2.34. The minimum Gasteiger partial charge on any atom is -0.168 e. The maximum Gasteiger partial charge on any atom is 0.0478 e. The molecule has 0 amide bonds. The van der Waals surface area contributed by atoms with Crippen molar-refractivity contribution in [1.29, 1.82) is 0 Å². The van der Waals surface area contributed by atoms with Crippen LogP contribution < -0.4 is 0 Å². The average molecular weight is 210 g/mol. The lowest BCUT2D eigenvalue weighted by Gasteiger charge is -1.97. The van der Waals surface area contributed by atoms with Crippen molar-refractivity contribution in [3.63, 3.8) is 0 Å². The number of thiol groups is 1. The number of rotatable bonds is 4. The van der Waals surface area contributed by atoms with Gasteiger partial charge in [0.25, 0.3) is 0 Å². The van der Waals surface area contributed by atoms with Gasteiger partial charge in [0.1, 0.15) is 0 Å². The van der Waals surface area contributed by atoms with E-state index < -0.39 is 0 Å². The van der Waals surface area contributed by atoms with Crippen molar-refractivity contribution >= 4 is 47.9 Å². The van der Waals surface area contributed by atoms with Crippen LogP contribution in [0.15, 0.2) is 10.3 Å². The monoisotopic (exact) mass is 210 g/mol. The van der Waals surface area contributed by atoms with E-state index in [4.69, 9.17) is 0 Å². The SMILES string of the molecule is SCSCCC1=CSCS1. The van der Waals surface area contributed by atoms with Crippen LogP contribution in [0.25, 0.3) is 0 Å². The Hall–Kier alpha value is 1.14. The highest BCUT2D eigenvalue weighted by Gasteiger charge is 2.03. The molecule has 0 unspecified atom stereocenters. The Morgan fingerprint density at radius 1 is 1.70 bits per heavy atom. The average Bonchev–Trinajstić information content (AvgIpc) is 2.41. The highest BCUT2D eigenvalue weighted by molar-refractivity contribution is 8.22. The Morgan fingerprint density at radius 3 is 3.20 bits per heavy atom. The Balaban J connectivity index is 2.01. The van der Waals surface area contributed by atoms with Gasteiger partial charge in [-0.25, -0.2) is 0 Å². The van der Waals surface area contributed by atoms with E-state index in [-0.39, 0.29) is 0 Å². The molecule has 0 bridgehead atoms. The van der Waals surface area contributed by atoms with Gasteiger partial charge < -0.3 is 0 Å². The van der Waals surface area contributed by atoms with Crippen LogP contribution in [-0.4, -0.2) is 15.9 Å². The smallest absolute Gasteiger partial charge is 0.0478 e. The van der Waals surface area contributed by atoms with Gasteiger partial charge in [-0.05, 0) is 22.5 Å². The highest BCUT2D eigenvalue weighted by atomic mass is 32.2. The molecule has 58 valence electrons. The molecule has 1 heterocycles. The fourth-order valence-corrected chi connectivity index (χ4v) is 3.83. The molecule has 0 fully saturated rings. The molecular weight excluding hydrogens is 200 g/mol. The van der Waals surface area contributed by atoms with Gasteiger partial charge in [0.05, 0.1) is 0 Å². The molecule has 0 aromatic rings. The van der Waals surface area contributed by atoms with Crippen molar-refractivity contribution in [1.82, 2.24) is 0 Å². The van der Waals surface area contributed by atoms with Gasteiger partial charge in [-0.1, -0.05) is 0 Å². The second kappa shape index (κ2) is 5.75. The van der Waals surface area contributed by atoms with Crippen LogP contribution in [0.3, 0.4) is 0 Å². The molecule has 0 aromatic carbocycles. The molecule has 0 radical (unpaired) electrons. The zero-order valence-electron chi connectivity index (χ0n) is 5.58. The van der Waals surface area contributed by atoms with Crippen molar-refractivity contribution in [2.24, 2.45) is 0 Å². The molecule has 0 aromatic heterocycles. The second-order valence-corrected chi connectivity index (χ2v) is 5.97. The van der Waals surface area contributed by atoms with E-state index >= 15 is 0 Å². The van der Waals surface area contributed by atoms with Crippen LogP contribution in [-0.2, 0) is 0 Å². The van der Waals surface area contributed by atoms with E-state index in [1.165, 1.54) is 17.3 Å². The summed E-state index contributed by atoms with van der Waals surface area (Å²) in [6.07, 6.45) is 1.24. The summed E-state index contributed by atoms with van der Waals surface area (Å²) in [6, 6.07) is 0. The first kappa shape index (κ1) is 9.23. The molecular formula is C6H10S4. The molecule has 10 heavy (non-hydrogen) atoms. The Labute approximate surface area is 80.4 Å². The van der Waals surface area contributed by atoms with Crippen molar-refractivity contribution < 1.29 is 0 Å². The molecule has 0 aliphatic carbocycles. The van der Waals surface area contributed by atoms with Crippen molar-refractivity contribution in [2.75, 3.05) is 15.9 Å². The molecule has 4 heteroatoms. The van der Waals surface area contributed by atoms with Gasteiger partial charge in [0, 0.05) is 10.2 Å². The predicted octanol–water partition coefficient (Wildman–Crippen LogP) is 3.28. The molecule has 0 saturated carbocycles. The molecule has 0 spiro atoms. The Morgan fingerprint density at radius 2 is 2.60 bits per heavy atom. The molecule has 1 aliphatic heterocycles. The third-order valence-electron chi connectivity index (χ3n) is 1.11. The zero-order valence-corrected chi connectivity index (χ0v) is 8.92. The first-order valence-electron chi connectivity index (χ1n) is 3.05. The molecule has 0 N–H and O–H groups in total. The number of hydrogen-bond donors (Lipinski definition) is 1. The van der Waals surface area contributed by atoms with E-state index in [1.807, 2.05) is 35.3 Å². The number of allylic oxidation sites excluding steroid dienone is 1. The van der Waals surface area contributed by atoms with Crippen LogP contribution in [0, 0.1) is 0 Å². The minimum atomic E-state index is 0.949. The molecule has 1 aliphatic rings. The zero-order chi connectivity index (χ0) is 7.23. The standard InChI is InChI=1S/C6H10S4/c7-4-8-2-1-6-3-9-5-10-6/h3,7H,1-2,4-5H2. The summed E-state index contributed by atoms with van der Waals surface area (Å²) < 4.78 is 0. The van der Waals surface area contributed by atoms with Gasteiger partial charge in [-0.3, -0.25) is 0 Å². The van der Waals surface area contributed by atoms with E-state index in [2.05, 4.69) is 18.0 Å². The minimum absolute atomic E-state index is 0.949. The summed E-state index contributed by atoms with van der Waals surface area (Å²) in [5, 5.41) is 4.45. The Kier molecular flexibility index (Phi) is 5.30. The third kappa shape index (κ3) is 3.51. The van der Waals surface area contributed by atoms with Gasteiger partial charge >= 0.3 is 0 Å². The Bertz CT molecular complexity index is 121. The fourth-order valence-electron chi connectivity index (χ4n) is 0.639. The van der Waals surface area contributed by atoms with Gasteiger partial charge in [-0.2, -0.15) is 24.4 Å². The van der Waals surface area contributed by atoms with Crippen molar-refractivity contribution in [3.8, 4) is 0 Å². The largest absolute Gasteiger partial charge is 0.168 e. The van der Waals surface area contributed by atoms with Crippen molar-refractivity contribution in [3.05, 3.63) is 10.3 Å². The van der Waals surface area contributed by atoms with Crippen LogP contribution in [0.1, 0.15) is 6.42 Å². The lowest BCUT2D eigenvalue weighted by atomic mass is 10.5. The summed E-state index contributed by atoms with van der Waals surface area (Å²) in [4.78, 5) is 1.55. The van der Waals surface area contributed by atoms with Crippen LogP contribution >= 0.6 is 47.9 Å². The number of thioether (sulfide) groups is 3. The van der Waals surface area contributed by atoms with E-state index in [1.54, 1.807) is 4.91 Å². The second-order valence-electron chi connectivity index (χ2n) is 1.80.